The Kier molecular flexibility index (Phi) is 2.40. The van der Waals surface area contributed by atoms with Crippen LogP contribution in [-0.2, 0) is 4.74 Å². The molecule has 0 amide bonds. The molecule has 1 aromatic heterocycles. The Hall–Kier alpha value is -2.24. The maximum absolute atomic E-state index is 11.0. The molecule has 0 saturated heterocycles. The highest BCUT2D eigenvalue weighted by Crippen LogP contribution is 2.22. The van der Waals surface area contributed by atoms with Gasteiger partial charge in [0.15, 0.2) is 5.58 Å². The zero-order valence-electron chi connectivity index (χ0n) is 8.70. The Morgan fingerprint density at radius 1 is 1.44 bits per heavy atom. The van der Waals surface area contributed by atoms with E-state index < -0.39 is 11.9 Å². The third kappa shape index (κ3) is 1.77. The average molecular weight is 223 g/mol. The van der Waals surface area contributed by atoms with E-state index in [1.54, 1.807) is 13.0 Å². The van der Waals surface area contributed by atoms with Gasteiger partial charge >= 0.3 is 11.9 Å². The minimum Gasteiger partial charge on any atom is -0.437 e. The Morgan fingerprint density at radius 2 is 2.19 bits per heavy atom. The summed E-state index contributed by atoms with van der Waals surface area (Å²) in [6.07, 6.45) is -0.823. The molecule has 1 aromatic carbocycles. The van der Waals surface area contributed by atoms with Crippen molar-refractivity contribution in [1.82, 2.24) is 4.98 Å². The third-order valence-corrected chi connectivity index (χ3v) is 2.07. The van der Waals surface area contributed by atoms with Crippen LogP contribution in [0.2, 0.25) is 0 Å². The quantitative estimate of drug-likeness (QED) is 0.586. The van der Waals surface area contributed by atoms with E-state index >= 15 is 0 Å². The van der Waals surface area contributed by atoms with E-state index in [4.69, 9.17) is 9.15 Å². The molecule has 0 spiro atoms. The van der Waals surface area contributed by atoms with Crippen molar-refractivity contribution < 1.29 is 18.7 Å². The smallest absolute Gasteiger partial charge is 0.437 e. The number of hydrogen-bond donors (Lipinski definition) is 1. The Bertz CT molecular complexity index is 595. The molecule has 6 heteroatoms. The standard InChI is InChI=1S/C10H9NO5/c1-5-3-6(15-10(13)14-2)4-7-8(5)11-9(12)16-7/h3-4H,1-2H3,(H,11,12). The summed E-state index contributed by atoms with van der Waals surface area (Å²) in [4.78, 5) is 24.4. The van der Waals surface area contributed by atoms with E-state index in [1.165, 1.54) is 13.2 Å². The van der Waals surface area contributed by atoms with Crippen molar-refractivity contribution in [2.24, 2.45) is 0 Å². The van der Waals surface area contributed by atoms with Gasteiger partial charge in [-0.1, -0.05) is 0 Å². The van der Waals surface area contributed by atoms with Gasteiger partial charge in [-0.15, -0.1) is 0 Å². The molecule has 1 heterocycles. The summed E-state index contributed by atoms with van der Waals surface area (Å²) in [7, 11) is 1.21. The molecule has 0 radical (unpaired) electrons. The first kappa shape index (κ1) is 10.3. The van der Waals surface area contributed by atoms with Gasteiger partial charge in [0.1, 0.15) is 5.75 Å². The highest BCUT2D eigenvalue weighted by atomic mass is 16.7. The molecule has 0 fully saturated rings. The van der Waals surface area contributed by atoms with Crippen LogP contribution in [0.1, 0.15) is 5.56 Å². The van der Waals surface area contributed by atoms with Crippen LogP contribution in [0.15, 0.2) is 21.3 Å². The predicted molar refractivity (Wildman–Crippen MR) is 54.6 cm³/mol. The van der Waals surface area contributed by atoms with Crippen molar-refractivity contribution in [3.05, 3.63) is 28.2 Å². The number of carbonyl (C=O) groups excluding carboxylic acids is 1. The summed E-state index contributed by atoms with van der Waals surface area (Å²) in [5, 5.41) is 0. The third-order valence-electron chi connectivity index (χ3n) is 2.07. The first-order valence-electron chi connectivity index (χ1n) is 4.49. The first-order chi connectivity index (χ1) is 7.60. The van der Waals surface area contributed by atoms with Gasteiger partial charge in [-0.25, -0.2) is 9.59 Å². The number of methoxy groups -OCH3 is 1. The van der Waals surface area contributed by atoms with Crippen molar-refractivity contribution in [2.75, 3.05) is 7.11 Å². The molecule has 0 atom stereocenters. The largest absolute Gasteiger partial charge is 0.513 e. The molecule has 16 heavy (non-hydrogen) atoms. The SMILES string of the molecule is COC(=O)Oc1cc(C)c2[nH]c(=O)oc2c1. The Morgan fingerprint density at radius 3 is 2.88 bits per heavy atom. The van der Waals surface area contributed by atoms with Crippen LogP contribution in [0.4, 0.5) is 4.79 Å². The van der Waals surface area contributed by atoms with Crippen LogP contribution in [0.3, 0.4) is 0 Å². The topological polar surface area (TPSA) is 81.5 Å². The highest BCUT2D eigenvalue weighted by molar-refractivity contribution is 5.78. The van der Waals surface area contributed by atoms with Crippen LogP contribution in [0.5, 0.6) is 5.75 Å². The lowest BCUT2D eigenvalue weighted by Crippen LogP contribution is -2.07. The van der Waals surface area contributed by atoms with Crippen LogP contribution in [0, 0.1) is 6.92 Å². The van der Waals surface area contributed by atoms with Crippen LogP contribution >= 0.6 is 0 Å². The number of aromatic nitrogens is 1. The fraction of sp³-hybridized carbons (Fsp3) is 0.200. The second-order valence-corrected chi connectivity index (χ2v) is 3.18. The molecule has 84 valence electrons. The van der Waals surface area contributed by atoms with Crippen molar-refractivity contribution >= 4 is 17.3 Å². The molecular weight excluding hydrogens is 214 g/mol. The molecule has 0 aliphatic heterocycles. The fourth-order valence-electron chi connectivity index (χ4n) is 1.39. The summed E-state index contributed by atoms with van der Waals surface area (Å²) in [5.41, 5.74) is 1.66. The highest BCUT2D eigenvalue weighted by Gasteiger charge is 2.10. The van der Waals surface area contributed by atoms with E-state index in [0.717, 1.165) is 5.56 Å². The maximum atomic E-state index is 11.0. The van der Waals surface area contributed by atoms with E-state index in [-0.39, 0.29) is 5.75 Å². The Labute approximate surface area is 89.8 Å². The van der Waals surface area contributed by atoms with E-state index in [1.807, 2.05) is 0 Å². The zero-order valence-corrected chi connectivity index (χ0v) is 8.70. The normalized spacial score (nSPS) is 10.4. The van der Waals surface area contributed by atoms with Gasteiger partial charge in [-0.2, -0.15) is 0 Å². The number of hydrogen-bond acceptors (Lipinski definition) is 5. The second kappa shape index (κ2) is 3.73. The molecule has 0 bridgehead atoms. The number of aryl methyl sites for hydroxylation is 1. The van der Waals surface area contributed by atoms with Gasteiger partial charge in [0.2, 0.25) is 0 Å². The monoisotopic (exact) mass is 223 g/mol. The van der Waals surface area contributed by atoms with E-state index in [9.17, 15) is 9.59 Å². The lowest BCUT2D eigenvalue weighted by Gasteiger charge is -2.03. The number of rotatable bonds is 1. The number of benzene rings is 1. The molecule has 6 nitrogen and oxygen atoms in total. The molecule has 0 saturated carbocycles. The summed E-state index contributed by atoms with van der Waals surface area (Å²) in [6, 6.07) is 3.04. The van der Waals surface area contributed by atoms with Crippen molar-refractivity contribution in [3.8, 4) is 5.75 Å². The molecule has 0 aliphatic carbocycles. The number of ether oxygens (including phenoxy) is 2. The maximum Gasteiger partial charge on any atom is 0.513 e. The molecule has 1 N–H and O–H groups in total. The van der Waals surface area contributed by atoms with Crippen molar-refractivity contribution in [1.29, 1.82) is 0 Å². The number of nitrogens with one attached hydrogen (secondary N) is 1. The molecule has 0 aliphatic rings. The minimum atomic E-state index is -0.823. The number of carbonyl (C=O) groups is 1. The van der Waals surface area contributed by atoms with Crippen molar-refractivity contribution in [3.63, 3.8) is 0 Å². The predicted octanol–water partition coefficient (Wildman–Crippen LogP) is 1.57. The van der Waals surface area contributed by atoms with Crippen molar-refractivity contribution in [2.45, 2.75) is 6.92 Å². The lowest BCUT2D eigenvalue weighted by molar-refractivity contribution is 0.121. The van der Waals surface area contributed by atoms with Gasteiger partial charge in [0.05, 0.1) is 12.6 Å². The summed E-state index contributed by atoms with van der Waals surface area (Å²) >= 11 is 0. The van der Waals surface area contributed by atoms with Gasteiger partial charge in [-0.3, -0.25) is 4.98 Å². The van der Waals surface area contributed by atoms with E-state index in [0.29, 0.717) is 11.1 Å². The van der Waals surface area contributed by atoms with Gasteiger partial charge < -0.3 is 13.9 Å². The van der Waals surface area contributed by atoms with Crippen LogP contribution in [0.25, 0.3) is 11.1 Å². The molecule has 2 rings (SSSR count). The van der Waals surface area contributed by atoms with E-state index in [2.05, 4.69) is 9.72 Å². The lowest BCUT2D eigenvalue weighted by atomic mass is 10.2. The molecular formula is C10H9NO5. The number of fused-ring (bicyclic) bond motifs is 1. The summed E-state index contributed by atoms with van der Waals surface area (Å²) in [5.74, 6) is -0.284. The van der Waals surface area contributed by atoms with Gasteiger partial charge in [-0.05, 0) is 18.6 Å². The fourth-order valence-corrected chi connectivity index (χ4v) is 1.39. The first-order valence-corrected chi connectivity index (χ1v) is 4.49. The number of oxazole rings is 1. The molecule has 2 aromatic rings. The zero-order chi connectivity index (χ0) is 11.7. The van der Waals surface area contributed by atoms with Crippen LogP contribution in [-0.4, -0.2) is 18.2 Å². The average Bonchev–Trinajstić information content (AvgIpc) is 2.59. The summed E-state index contributed by atoms with van der Waals surface area (Å²) < 4.78 is 14.0. The minimum absolute atomic E-state index is 0.264. The number of aromatic amines is 1. The second-order valence-electron chi connectivity index (χ2n) is 3.18. The van der Waals surface area contributed by atoms with Gasteiger partial charge in [0.25, 0.3) is 0 Å². The van der Waals surface area contributed by atoms with Gasteiger partial charge in [0, 0.05) is 6.07 Å². The van der Waals surface area contributed by atoms with Crippen LogP contribution < -0.4 is 10.5 Å². The number of H-pyrrole nitrogens is 1. The Balaban J connectivity index is 2.49. The summed E-state index contributed by atoms with van der Waals surface area (Å²) in [6.45, 7) is 1.76. The molecule has 0 unspecified atom stereocenters.